The van der Waals surface area contributed by atoms with Gasteiger partial charge in [0.1, 0.15) is 5.69 Å². The number of esters is 1. The van der Waals surface area contributed by atoms with Crippen LogP contribution in [0.15, 0.2) is 67.1 Å². The van der Waals surface area contributed by atoms with Gasteiger partial charge in [-0.3, -0.25) is 9.78 Å². The molecule has 1 amide bonds. The molecule has 27 heavy (non-hydrogen) atoms. The molecule has 0 atom stereocenters. The van der Waals surface area contributed by atoms with Gasteiger partial charge < -0.3 is 15.4 Å². The van der Waals surface area contributed by atoms with E-state index in [0.717, 1.165) is 11.3 Å². The fourth-order valence-electron chi connectivity index (χ4n) is 2.37. The highest BCUT2D eigenvalue weighted by Gasteiger charge is 2.10. The van der Waals surface area contributed by atoms with Gasteiger partial charge in [-0.15, -0.1) is 0 Å². The Morgan fingerprint density at radius 3 is 2.56 bits per heavy atom. The van der Waals surface area contributed by atoms with Gasteiger partial charge in [0, 0.05) is 24.6 Å². The molecule has 0 saturated heterocycles. The third-order valence-electron chi connectivity index (χ3n) is 3.78. The summed E-state index contributed by atoms with van der Waals surface area (Å²) in [5.41, 5.74) is 3.02. The zero-order chi connectivity index (χ0) is 19.1. The van der Waals surface area contributed by atoms with Crippen molar-refractivity contribution in [1.82, 2.24) is 9.97 Å². The van der Waals surface area contributed by atoms with Gasteiger partial charge in [-0.25, -0.2) is 9.78 Å². The third-order valence-corrected chi connectivity index (χ3v) is 3.78. The minimum absolute atomic E-state index is 0.271. The van der Waals surface area contributed by atoms with E-state index in [0.29, 0.717) is 17.8 Å². The first-order valence-corrected chi connectivity index (χ1v) is 8.24. The number of methoxy groups -OCH3 is 1. The second-order valence-corrected chi connectivity index (χ2v) is 5.67. The first kappa shape index (κ1) is 18.1. The van der Waals surface area contributed by atoms with Crippen molar-refractivity contribution >= 4 is 23.3 Å². The molecule has 0 aliphatic heterocycles. The molecule has 0 aliphatic rings. The number of carbonyl (C=O) groups is 2. The smallest absolute Gasteiger partial charge is 0.337 e. The van der Waals surface area contributed by atoms with Crippen molar-refractivity contribution in [2.24, 2.45) is 0 Å². The number of rotatable bonds is 6. The molecular weight excluding hydrogens is 344 g/mol. The summed E-state index contributed by atoms with van der Waals surface area (Å²) in [7, 11) is 1.31. The van der Waals surface area contributed by atoms with Crippen LogP contribution in [-0.2, 0) is 11.3 Å². The summed E-state index contributed by atoms with van der Waals surface area (Å²) in [6.45, 7) is 0.635. The zero-order valence-corrected chi connectivity index (χ0v) is 14.7. The number of nitrogens with one attached hydrogen (secondary N) is 2. The lowest BCUT2D eigenvalue weighted by Gasteiger charge is -2.08. The Morgan fingerprint density at radius 2 is 1.85 bits per heavy atom. The van der Waals surface area contributed by atoms with Crippen LogP contribution in [0, 0.1) is 0 Å². The van der Waals surface area contributed by atoms with Crippen LogP contribution < -0.4 is 10.6 Å². The van der Waals surface area contributed by atoms with Crippen LogP contribution in [0.1, 0.15) is 26.4 Å². The minimum Gasteiger partial charge on any atom is -0.465 e. The van der Waals surface area contributed by atoms with Crippen molar-refractivity contribution in [3.8, 4) is 0 Å². The molecule has 1 aromatic carbocycles. The maximum Gasteiger partial charge on any atom is 0.337 e. The number of benzene rings is 1. The van der Waals surface area contributed by atoms with Gasteiger partial charge in [0.05, 0.1) is 24.6 Å². The molecule has 3 rings (SSSR count). The van der Waals surface area contributed by atoms with E-state index >= 15 is 0 Å². The molecule has 0 radical (unpaired) electrons. The molecule has 2 heterocycles. The van der Waals surface area contributed by atoms with Crippen LogP contribution in [-0.4, -0.2) is 29.0 Å². The van der Waals surface area contributed by atoms with Crippen LogP contribution in [0.5, 0.6) is 0 Å². The molecule has 2 N–H and O–H groups in total. The molecular formula is C20H18N4O3. The Bertz CT molecular complexity index is 927. The van der Waals surface area contributed by atoms with E-state index in [1.807, 2.05) is 12.1 Å². The van der Waals surface area contributed by atoms with Crippen molar-refractivity contribution in [2.45, 2.75) is 6.54 Å². The monoisotopic (exact) mass is 362 g/mol. The number of hydrogen-bond donors (Lipinski definition) is 2. The van der Waals surface area contributed by atoms with Crippen LogP contribution in [0.25, 0.3) is 0 Å². The summed E-state index contributed by atoms with van der Waals surface area (Å²) in [5, 5.41) is 5.95. The molecule has 0 bridgehead atoms. The van der Waals surface area contributed by atoms with Gasteiger partial charge in [0.25, 0.3) is 5.91 Å². The van der Waals surface area contributed by atoms with E-state index in [1.54, 1.807) is 55.0 Å². The maximum atomic E-state index is 12.3. The van der Waals surface area contributed by atoms with Crippen molar-refractivity contribution in [1.29, 1.82) is 0 Å². The highest BCUT2D eigenvalue weighted by Crippen LogP contribution is 2.14. The summed E-state index contributed by atoms with van der Waals surface area (Å²) < 4.78 is 4.67. The average molecular weight is 362 g/mol. The van der Waals surface area contributed by atoms with Crippen LogP contribution >= 0.6 is 0 Å². The second-order valence-electron chi connectivity index (χ2n) is 5.67. The molecule has 0 saturated carbocycles. The number of ether oxygens (including phenoxy) is 1. The number of anilines is 2. The topological polar surface area (TPSA) is 93.2 Å². The van der Waals surface area contributed by atoms with E-state index in [-0.39, 0.29) is 11.6 Å². The van der Waals surface area contributed by atoms with Gasteiger partial charge in [0.15, 0.2) is 0 Å². The van der Waals surface area contributed by atoms with Crippen LogP contribution in [0.4, 0.5) is 11.4 Å². The Balaban J connectivity index is 1.61. The molecule has 3 aromatic rings. The second kappa shape index (κ2) is 8.57. The lowest BCUT2D eigenvalue weighted by molar-refractivity contribution is 0.0600. The van der Waals surface area contributed by atoms with E-state index in [2.05, 4.69) is 25.3 Å². The predicted octanol–water partition coefficient (Wildman–Crippen LogP) is 3.13. The van der Waals surface area contributed by atoms with Gasteiger partial charge in [-0.1, -0.05) is 6.07 Å². The molecule has 136 valence electrons. The summed E-state index contributed by atoms with van der Waals surface area (Å²) in [6.07, 6.45) is 5.07. The molecule has 2 aromatic heterocycles. The molecule has 7 nitrogen and oxygen atoms in total. The normalized spacial score (nSPS) is 10.1. The SMILES string of the molecule is COC(=O)c1cccc(NC(=O)c2ccc(NCc3ccncc3)cn2)c1. The Morgan fingerprint density at radius 1 is 1.04 bits per heavy atom. The lowest BCUT2D eigenvalue weighted by atomic mass is 10.2. The third kappa shape index (κ3) is 4.88. The average Bonchev–Trinajstić information content (AvgIpc) is 2.73. The first-order valence-electron chi connectivity index (χ1n) is 8.24. The van der Waals surface area contributed by atoms with Gasteiger partial charge in [-0.05, 0) is 48.0 Å². The fraction of sp³-hybridized carbons (Fsp3) is 0.100. The van der Waals surface area contributed by atoms with Crippen molar-refractivity contribution in [3.05, 3.63) is 83.9 Å². The molecule has 7 heteroatoms. The number of amides is 1. The number of carbonyl (C=O) groups excluding carboxylic acids is 2. The summed E-state index contributed by atoms with van der Waals surface area (Å²) in [4.78, 5) is 32.1. The largest absolute Gasteiger partial charge is 0.465 e. The van der Waals surface area contributed by atoms with Gasteiger partial charge >= 0.3 is 5.97 Å². The van der Waals surface area contributed by atoms with Gasteiger partial charge in [0.2, 0.25) is 0 Å². The predicted molar refractivity (Wildman–Crippen MR) is 102 cm³/mol. The van der Waals surface area contributed by atoms with E-state index in [1.165, 1.54) is 7.11 Å². The first-order chi connectivity index (χ1) is 13.2. The molecule has 0 spiro atoms. The van der Waals surface area contributed by atoms with Gasteiger partial charge in [-0.2, -0.15) is 0 Å². The Hall–Kier alpha value is -3.74. The van der Waals surface area contributed by atoms with E-state index < -0.39 is 5.97 Å². The van der Waals surface area contributed by atoms with Crippen LogP contribution in [0.2, 0.25) is 0 Å². The lowest BCUT2D eigenvalue weighted by Crippen LogP contribution is -2.14. The summed E-state index contributed by atoms with van der Waals surface area (Å²) in [6, 6.07) is 13.8. The van der Waals surface area contributed by atoms with Crippen molar-refractivity contribution in [2.75, 3.05) is 17.7 Å². The highest BCUT2D eigenvalue weighted by atomic mass is 16.5. The number of pyridine rings is 2. The number of nitrogens with zero attached hydrogens (tertiary/aromatic N) is 2. The fourth-order valence-corrected chi connectivity index (χ4v) is 2.37. The van der Waals surface area contributed by atoms with E-state index in [4.69, 9.17) is 0 Å². The highest BCUT2D eigenvalue weighted by molar-refractivity contribution is 6.03. The Kier molecular flexibility index (Phi) is 5.73. The maximum absolute atomic E-state index is 12.3. The zero-order valence-electron chi connectivity index (χ0n) is 14.7. The van der Waals surface area contributed by atoms with Crippen molar-refractivity contribution < 1.29 is 14.3 Å². The molecule has 0 unspecified atom stereocenters. The minimum atomic E-state index is -0.464. The quantitative estimate of drug-likeness (QED) is 0.655. The van der Waals surface area contributed by atoms with Crippen LogP contribution in [0.3, 0.4) is 0 Å². The summed E-state index contributed by atoms with van der Waals surface area (Å²) >= 11 is 0. The van der Waals surface area contributed by atoms with Crippen molar-refractivity contribution in [3.63, 3.8) is 0 Å². The molecule has 0 fully saturated rings. The summed E-state index contributed by atoms with van der Waals surface area (Å²) in [5.74, 6) is -0.827. The van der Waals surface area contributed by atoms with E-state index in [9.17, 15) is 9.59 Å². The number of aromatic nitrogens is 2. The molecule has 0 aliphatic carbocycles. The Labute approximate surface area is 156 Å². The number of hydrogen-bond acceptors (Lipinski definition) is 6. The standard InChI is InChI=1S/C20H18N4O3/c1-27-20(26)15-3-2-4-16(11-15)24-19(25)18-6-5-17(13-23-18)22-12-14-7-9-21-10-8-14/h2-11,13,22H,12H2,1H3,(H,24,25).